The van der Waals surface area contributed by atoms with Crippen molar-refractivity contribution in [1.29, 1.82) is 0 Å². The first-order valence-corrected chi connectivity index (χ1v) is 10.9. The van der Waals surface area contributed by atoms with Gasteiger partial charge < -0.3 is 15.0 Å². The van der Waals surface area contributed by atoms with Gasteiger partial charge in [0.15, 0.2) is 0 Å². The van der Waals surface area contributed by atoms with E-state index >= 15 is 0 Å². The molecule has 0 unspecified atom stereocenters. The average Bonchev–Trinajstić information content (AvgIpc) is 2.74. The zero-order chi connectivity index (χ0) is 22.4. The first-order valence-electron chi connectivity index (χ1n) is 10.9. The number of rotatable bonds is 7. The summed E-state index contributed by atoms with van der Waals surface area (Å²) in [6.45, 7) is 7.10. The molecule has 1 heterocycles. The number of nitrogens with one attached hydrogen (secondary N) is 1. The monoisotopic (exact) mass is 426 g/mol. The lowest BCUT2D eigenvalue weighted by molar-refractivity contribution is -0.135. The van der Waals surface area contributed by atoms with Crippen LogP contribution in [-0.2, 0) is 22.6 Å². The maximum atomic E-state index is 13.7. The molecule has 1 saturated heterocycles. The van der Waals surface area contributed by atoms with Crippen LogP contribution in [0, 0.1) is 18.7 Å². The van der Waals surface area contributed by atoms with Gasteiger partial charge >= 0.3 is 0 Å². The Hall–Kier alpha value is -2.89. The summed E-state index contributed by atoms with van der Waals surface area (Å²) in [7, 11) is 0. The number of aryl methyl sites for hydroxylation is 1. The number of halogens is 1. The summed E-state index contributed by atoms with van der Waals surface area (Å²) < 4.78 is 19.4. The standard InChI is InChI=1S/C25H31FN2O3/c1-17(2)31-22-6-4-5-19(13-22)15-24(29)28-11-9-21(10-12-28)25(30)27-16-20-8-7-18(3)23(26)14-20/h4-8,13-14,17,21H,9-12,15-16H2,1-3H3,(H,27,30). The highest BCUT2D eigenvalue weighted by Gasteiger charge is 2.27. The Kier molecular flexibility index (Phi) is 7.66. The van der Waals surface area contributed by atoms with Gasteiger partial charge in [0.1, 0.15) is 11.6 Å². The summed E-state index contributed by atoms with van der Waals surface area (Å²) in [4.78, 5) is 27.0. The maximum absolute atomic E-state index is 13.7. The molecule has 31 heavy (non-hydrogen) atoms. The van der Waals surface area contributed by atoms with Crippen molar-refractivity contribution >= 4 is 11.8 Å². The molecule has 1 N–H and O–H groups in total. The third-order valence-electron chi connectivity index (χ3n) is 5.55. The number of hydrogen-bond acceptors (Lipinski definition) is 3. The van der Waals surface area contributed by atoms with Crippen LogP contribution in [0.25, 0.3) is 0 Å². The summed E-state index contributed by atoms with van der Waals surface area (Å²) in [5, 5.41) is 2.90. The highest BCUT2D eigenvalue weighted by Crippen LogP contribution is 2.20. The molecule has 0 radical (unpaired) electrons. The zero-order valence-corrected chi connectivity index (χ0v) is 18.5. The Labute approximate surface area is 183 Å². The van der Waals surface area contributed by atoms with E-state index in [-0.39, 0.29) is 29.7 Å². The van der Waals surface area contributed by atoms with Crippen molar-refractivity contribution in [3.63, 3.8) is 0 Å². The van der Waals surface area contributed by atoms with E-state index in [0.717, 1.165) is 16.9 Å². The van der Waals surface area contributed by atoms with Crippen LogP contribution in [0.2, 0.25) is 0 Å². The molecular weight excluding hydrogens is 395 g/mol. The molecule has 1 fully saturated rings. The zero-order valence-electron chi connectivity index (χ0n) is 18.5. The minimum absolute atomic E-state index is 0.0355. The summed E-state index contributed by atoms with van der Waals surface area (Å²) >= 11 is 0. The van der Waals surface area contributed by atoms with Crippen LogP contribution in [0.5, 0.6) is 5.75 Å². The molecule has 0 aromatic heterocycles. The molecule has 2 amide bonds. The van der Waals surface area contributed by atoms with Gasteiger partial charge in [-0.3, -0.25) is 9.59 Å². The number of ether oxygens (including phenoxy) is 1. The number of likely N-dealkylation sites (tertiary alicyclic amines) is 1. The molecule has 0 aliphatic carbocycles. The van der Waals surface area contributed by atoms with Crippen molar-refractivity contribution in [2.45, 2.75) is 52.7 Å². The Balaban J connectivity index is 1.45. The lowest BCUT2D eigenvalue weighted by Gasteiger charge is -2.31. The Bertz CT molecular complexity index is 921. The SMILES string of the molecule is Cc1ccc(CNC(=O)C2CCN(C(=O)Cc3cccc(OC(C)C)c3)CC2)cc1F. The van der Waals surface area contributed by atoms with Crippen molar-refractivity contribution < 1.29 is 18.7 Å². The predicted octanol–water partition coefficient (Wildman–Crippen LogP) is 4.02. The molecule has 5 nitrogen and oxygen atoms in total. The fraction of sp³-hybridized carbons (Fsp3) is 0.440. The molecule has 0 atom stereocenters. The van der Waals surface area contributed by atoms with Gasteiger partial charge in [-0.15, -0.1) is 0 Å². The van der Waals surface area contributed by atoms with Gasteiger partial charge in [0.25, 0.3) is 0 Å². The molecule has 2 aromatic rings. The molecule has 1 aliphatic heterocycles. The molecule has 0 spiro atoms. The van der Waals surface area contributed by atoms with Crippen LogP contribution < -0.4 is 10.1 Å². The second kappa shape index (κ2) is 10.4. The number of carbonyl (C=O) groups is 2. The third-order valence-corrected chi connectivity index (χ3v) is 5.55. The lowest BCUT2D eigenvalue weighted by atomic mass is 9.95. The van der Waals surface area contributed by atoms with Gasteiger partial charge in [-0.2, -0.15) is 0 Å². The minimum Gasteiger partial charge on any atom is -0.491 e. The Morgan fingerprint density at radius 1 is 1.13 bits per heavy atom. The van der Waals surface area contributed by atoms with Crippen molar-refractivity contribution in [2.24, 2.45) is 5.92 Å². The largest absolute Gasteiger partial charge is 0.491 e. The van der Waals surface area contributed by atoms with Gasteiger partial charge in [0, 0.05) is 25.6 Å². The van der Waals surface area contributed by atoms with Crippen LogP contribution in [0.4, 0.5) is 4.39 Å². The summed E-state index contributed by atoms with van der Waals surface area (Å²) in [5.74, 6) is 0.411. The Morgan fingerprint density at radius 3 is 2.55 bits per heavy atom. The predicted molar refractivity (Wildman–Crippen MR) is 118 cm³/mol. The number of amides is 2. The molecule has 6 heteroatoms. The molecule has 0 bridgehead atoms. The number of nitrogens with zero attached hydrogens (tertiary/aromatic N) is 1. The summed E-state index contributed by atoms with van der Waals surface area (Å²) in [5.41, 5.74) is 2.26. The second-order valence-electron chi connectivity index (χ2n) is 8.45. The highest BCUT2D eigenvalue weighted by molar-refractivity contribution is 5.81. The normalized spacial score (nSPS) is 14.5. The van der Waals surface area contributed by atoms with Gasteiger partial charge in [-0.05, 0) is 68.5 Å². The summed E-state index contributed by atoms with van der Waals surface area (Å²) in [6.07, 6.45) is 1.68. The Morgan fingerprint density at radius 2 is 1.87 bits per heavy atom. The molecule has 166 valence electrons. The molecule has 2 aromatic carbocycles. The lowest BCUT2D eigenvalue weighted by Crippen LogP contribution is -2.43. The van der Waals surface area contributed by atoms with Crippen molar-refractivity contribution in [3.8, 4) is 5.75 Å². The van der Waals surface area contributed by atoms with Crippen LogP contribution in [0.1, 0.15) is 43.4 Å². The maximum Gasteiger partial charge on any atom is 0.226 e. The molecule has 3 rings (SSSR count). The number of piperidine rings is 1. The topological polar surface area (TPSA) is 58.6 Å². The molecular formula is C25H31FN2O3. The van der Waals surface area contributed by atoms with E-state index in [1.165, 1.54) is 6.07 Å². The first-order chi connectivity index (χ1) is 14.8. The highest BCUT2D eigenvalue weighted by atomic mass is 19.1. The first kappa shape index (κ1) is 22.8. The fourth-order valence-corrected chi connectivity index (χ4v) is 3.76. The van der Waals surface area contributed by atoms with Gasteiger partial charge in [0.2, 0.25) is 11.8 Å². The van der Waals surface area contributed by atoms with E-state index in [1.54, 1.807) is 13.0 Å². The average molecular weight is 427 g/mol. The quantitative estimate of drug-likeness (QED) is 0.728. The smallest absolute Gasteiger partial charge is 0.226 e. The van der Waals surface area contributed by atoms with E-state index in [2.05, 4.69) is 5.32 Å². The van der Waals surface area contributed by atoms with Gasteiger partial charge in [-0.1, -0.05) is 24.3 Å². The third kappa shape index (κ3) is 6.54. The molecule has 0 saturated carbocycles. The molecule has 1 aliphatic rings. The number of hydrogen-bond donors (Lipinski definition) is 1. The van der Waals surface area contributed by atoms with E-state index in [4.69, 9.17) is 4.74 Å². The van der Waals surface area contributed by atoms with E-state index in [1.807, 2.05) is 49.1 Å². The van der Waals surface area contributed by atoms with Crippen LogP contribution >= 0.6 is 0 Å². The van der Waals surface area contributed by atoms with Crippen molar-refractivity contribution in [2.75, 3.05) is 13.1 Å². The minimum atomic E-state index is -0.264. The van der Waals surface area contributed by atoms with E-state index < -0.39 is 0 Å². The van der Waals surface area contributed by atoms with Crippen LogP contribution in [-0.4, -0.2) is 35.9 Å². The van der Waals surface area contributed by atoms with E-state index in [9.17, 15) is 14.0 Å². The number of benzene rings is 2. The van der Waals surface area contributed by atoms with Crippen molar-refractivity contribution in [3.05, 3.63) is 65.0 Å². The van der Waals surface area contributed by atoms with Crippen LogP contribution in [0.15, 0.2) is 42.5 Å². The van der Waals surface area contributed by atoms with E-state index in [0.29, 0.717) is 44.5 Å². The summed E-state index contributed by atoms with van der Waals surface area (Å²) in [6, 6.07) is 12.6. The van der Waals surface area contributed by atoms with Gasteiger partial charge in [0.05, 0.1) is 12.5 Å². The number of carbonyl (C=O) groups excluding carboxylic acids is 2. The van der Waals surface area contributed by atoms with Crippen molar-refractivity contribution in [1.82, 2.24) is 10.2 Å². The van der Waals surface area contributed by atoms with Crippen LogP contribution in [0.3, 0.4) is 0 Å². The fourth-order valence-electron chi connectivity index (χ4n) is 3.76. The second-order valence-corrected chi connectivity index (χ2v) is 8.45. The van der Waals surface area contributed by atoms with Gasteiger partial charge in [-0.25, -0.2) is 4.39 Å².